The number of nitrogens with one attached hydrogen (secondary N) is 1. The molecule has 6 nitrogen and oxygen atoms in total. The van der Waals surface area contributed by atoms with Gasteiger partial charge < -0.3 is 14.6 Å². The summed E-state index contributed by atoms with van der Waals surface area (Å²) >= 11 is 7.19. The molecular formula is C17H17ClN2O4S. The first kappa shape index (κ1) is 19.0. The number of hydrazone groups is 1. The molecule has 0 saturated heterocycles. The largest absolute Gasteiger partial charge is 0.502 e. The standard InChI is InChI=1S/C17H17ClN2O4S/c1-23-14-7-11(8-15(24-2)17(14)22)9-19-20-16(21)10-25-13-5-3-12(18)4-6-13/h3-9,22H,10H2,1-2H3,(H,20,21)/b19-9-. The Hall–Kier alpha value is -2.38. The van der Waals surface area contributed by atoms with Crippen molar-refractivity contribution in [2.75, 3.05) is 20.0 Å². The molecule has 25 heavy (non-hydrogen) atoms. The summed E-state index contributed by atoms with van der Waals surface area (Å²) in [7, 11) is 2.87. The van der Waals surface area contributed by atoms with Gasteiger partial charge in [-0.05, 0) is 36.4 Å². The van der Waals surface area contributed by atoms with Crippen molar-refractivity contribution < 1.29 is 19.4 Å². The number of ether oxygens (including phenoxy) is 2. The second-order valence-corrected chi connectivity index (χ2v) is 6.29. The lowest BCUT2D eigenvalue weighted by Gasteiger charge is -2.09. The Labute approximate surface area is 154 Å². The van der Waals surface area contributed by atoms with E-state index in [-0.39, 0.29) is 28.9 Å². The van der Waals surface area contributed by atoms with E-state index >= 15 is 0 Å². The fourth-order valence-electron chi connectivity index (χ4n) is 1.88. The van der Waals surface area contributed by atoms with Crippen LogP contribution in [0.15, 0.2) is 46.4 Å². The maximum Gasteiger partial charge on any atom is 0.250 e. The number of benzene rings is 2. The summed E-state index contributed by atoms with van der Waals surface area (Å²) in [4.78, 5) is 12.8. The Morgan fingerprint density at radius 2 is 1.84 bits per heavy atom. The molecule has 0 aliphatic carbocycles. The molecule has 8 heteroatoms. The molecule has 0 unspecified atom stereocenters. The summed E-state index contributed by atoms with van der Waals surface area (Å²) in [5, 5.41) is 14.4. The van der Waals surface area contributed by atoms with E-state index in [0.717, 1.165) is 4.90 Å². The first-order valence-corrected chi connectivity index (χ1v) is 8.55. The van der Waals surface area contributed by atoms with Crippen LogP contribution in [0.3, 0.4) is 0 Å². The van der Waals surface area contributed by atoms with E-state index in [1.54, 1.807) is 24.3 Å². The highest BCUT2D eigenvalue weighted by molar-refractivity contribution is 8.00. The fourth-order valence-corrected chi connectivity index (χ4v) is 2.70. The number of carbonyl (C=O) groups excluding carboxylic acids is 1. The number of rotatable bonds is 7. The molecule has 0 radical (unpaired) electrons. The predicted octanol–water partition coefficient (Wildman–Crippen LogP) is 3.31. The zero-order valence-corrected chi connectivity index (χ0v) is 15.2. The van der Waals surface area contributed by atoms with E-state index in [1.165, 1.54) is 32.2 Å². The molecule has 2 rings (SSSR count). The number of hydrogen-bond acceptors (Lipinski definition) is 6. The molecule has 132 valence electrons. The van der Waals surface area contributed by atoms with E-state index in [1.807, 2.05) is 12.1 Å². The van der Waals surface area contributed by atoms with Crippen LogP contribution in [-0.2, 0) is 4.79 Å². The molecular weight excluding hydrogens is 364 g/mol. The van der Waals surface area contributed by atoms with Crippen LogP contribution < -0.4 is 14.9 Å². The molecule has 0 spiro atoms. The Kier molecular flexibility index (Phi) is 6.97. The second-order valence-electron chi connectivity index (χ2n) is 4.81. The van der Waals surface area contributed by atoms with Crippen molar-refractivity contribution in [2.24, 2.45) is 5.10 Å². The lowest BCUT2D eigenvalue weighted by atomic mass is 10.2. The Bertz CT molecular complexity index is 741. The maximum absolute atomic E-state index is 11.8. The van der Waals surface area contributed by atoms with Crippen molar-refractivity contribution in [3.05, 3.63) is 47.0 Å². The highest BCUT2D eigenvalue weighted by Crippen LogP contribution is 2.36. The van der Waals surface area contributed by atoms with Gasteiger partial charge in [-0.1, -0.05) is 11.6 Å². The first-order valence-electron chi connectivity index (χ1n) is 7.18. The summed E-state index contributed by atoms with van der Waals surface area (Å²) in [6, 6.07) is 10.4. The van der Waals surface area contributed by atoms with Crippen LogP contribution in [0, 0.1) is 0 Å². The molecule has 1 amide bonds. The minimum Gasteiger partial charge on any atom is -0.502 e. The van der Waals surface area contributed by atoms with Crippen molar-refractivity contribution >= 4 is 35.5 Å². The molecule has 0 heterocycles. The van der Waals surface area contributed by atoms with Crippen LogP contribution in [0.4, 0.5) is 0 Å². The van der Waals surface area contributed by atoms with Gasteiger partial charge in [0.05, 0.1) is 26.2 Å². The van der Waals surface area contributed by atoms with Gasteiger partial charge in [-0.25, -0.2) is 5.43 Å². The third kappa shape index (κ3) is 5.58. The quantitative estimate of drug-likeness (QED) is 0.437. The van der Waals surface area contributed by atoms with E-state index in [9.17, 15) is 9.90 Å². The van der Waals surface area contributed by atoms with E-state index < -0.39 is 0 Å². The lowest BCUT2D eigenvalue weighted by molar-refractivity contribution is -0.118. The van der Waals surface area contributed by atoms with Crippen LogP contribution in [0.5, 0.6) is 17.2 Å². The number of phenolic OH excluding ortho intramolecular Hbond substituents is 1. The highest BCUT2D eigenvalue weighted by Gasteiger charge is 2.10. The van der Waals surface area contributed by atoms with Crippen LogP contribution in [0.1, 0.15) is 5.56 Å². The Morgan fingerprint density at radius 1 is 1.24 bits per heavy atom. The van der Waals surface area contributed by atoms with Crippen LogP contribution in [-0.4, -0.2) is 37.2 Å². The summed E-state index contributed by atoms with van der Waals surface area (Å²) in [5.41, 5.74) is 3.05. The normalized spacial score (nSPS) is 10.7. The zero-order chi connectivity index (χ0) is 18.2. The van der Waals surface area contributed by atoms with Crippen LogP contribution in [0.2, 0.25) is 5.02 Å². The summed E-state index contributed by atoms with van der Waals surface area (Å²) < 4.78 is 10.1. The van der Waals surface area contributed by atoms with Crippen LogP contribution >= 0.6 is 23.4 Å². The third-order valence-electron chi connectivity index (χ3n) is 3.09. The van der Waals surface area contributed by atoms with Crippen molar-refractivity contribution in [3.8, 4) is 17.2 Å². The van der Waals surface area contributed by atoms with Gasteiger partial charge in [-0.15, -0.1) is 11.8 Å². The molecule has 0 aliphatic heterocycles. The third-order valence-corrected chi connectivity index (χ3v) is 4.35. The average molecular weight is 381 g/mol. The molecule has 0 atom stereocenters. The minimum atomic E-state index is -0.242. The first-order chi connectivity index (χ1) is 12.0. The molecule has 0 aromatic heterocycles. The average Bonchev–Trinajstić information content (AvgIpc) is 2.62. The molecule has 2 N–H and O–H groups in total. The number of phenols is 1. The number of hydrogen-bond donors (Lipinski definition) is 2. The summed E-state index contributed by atoms with van der Waals surface area (Å²) in [6.45, 7) is 0. The second kappa shape index (κ2) is 9.19. The van der Waals surface area contributed by atoms with Crippen molar-refractivity contribution in [2.45, 2.75) is 4.90 Å². The maximum atomic E-state index is 11.8. The summed E-state index contributed by atoms with van der Waals surface area (Å²) in [6.07, 6.45) is 1.44. The Balaban J connectivity index is 1.91. The highest BCUT2D eigenvalue weighted by atomic mass is 35.5. The molecule has 0 fully saturated rings. The number of thioether (sulfide) groups is 1. The summed E-state index contributed by atoms with van der Waals surface area (Å²) in [5.74, 6) is 0.400. The number of carbonyl (C=O) groups is 1. The van der Waals surface area contributed by atoms with Crippen molar-refractivity contribution in [1.82, 2.24) is 5.43 Å². The molecule has 0 saturated carbocycles. The van der Waals surface area contributed by atoms with Gasteiger partial charge in [0.15, 0.2) is 11.5 Å². The van der Waals surface area contributed by atoms with E-state index in [2.05, 4.69) is 10.5 Å². The fraction of sp³-hybridized carbons (Fsp3) is 0.176. The van der Waals surface area contributed by atoms with Crippen molar-refractivity contribution in [3.63, 3.8) is 0 Å². The van der Waals surface area contributed by atoms with Gasteiger partial charge in [-0.2, -0.15) is 5.10 Å². The zero-order valence-electron chi connectivity index (χ0n) is 13.7. The van der Waals surface area contributed by atoms with Gasteiger partial charge in [0.2, 0.25) is 11.7 Å². The molecule has 2 aromatic carbocycles. The number of amides is 1. The van der Waals surface area contributed by atoms with Gasteiger partial charge in [0.1, 0.15) is 0 Å². The number of nitrogens with zero attached hydrogens (tertiary/aromatic N) is 1. The Morgan fingerprint density at radius 3 is 2.40 bits per heavy atom. The topological polar surface area (TPSA) is 80.2 Å². The minimum absolute atomic E-state index is 0.0921. The molecule has 2 aromatic rings. The predicted molar refractivity (Wildman–Crippen MR) is 99.1 cm³/mol. The van der Waals surface area contributed by atoms with Gasteiger partial charge in [-0.3, -0.25) is 4.79 Å². The SMILES string of the molecule is COc1cc(/C=N\NC(=O)CSc2ccc(Cl)cc2)cc(OC)c1O. The van der Waals surface area contributed by atoms with Gasteiger partial charge >= 0.3 is 0 Å². The molecule has 0 aliphatic rings. The van der Waals surface area contributed by atoms with E-state index in [0.29, 0.717) is 10.6 Å². The van der Waals surface area contributed by atoms with Crippen LogP contribution in [0.25, 0.3) is 0 Å². The monoisotopic (exact) mass is 380 g/mol. The number of aromatic hydroxyl groups is 1. The number of methoxy groups -OCH3 is 2. The number of halogens is 1. The van der Waals surface area contributed by atoms with Crippen molar-refractivity contribution in [1.29, 1.82) is 0 Å². The lowest BCUT2D eigenvalue weighted by Crippen LogP contribution is -2.19. The smallest absolute Gasteiger partial charge is 0.250 e. The van der Waals surface area contributed by atoms with E-state index in [4.69, 9.17) is 21.1 Å². The van der Waals surface area contributed by atoms with Gasteiger partial charge in [0.25, 0.3) is 0 Å². The van der Waals surface area contributed by atoms with Gasteiger partial charge in [0, 0.05) is 15.5 Å². The molecule has 0 bridgehead atoms.